The average Bonchev–Trinajstić information content (AvgIpc) is 2.56. The van der Waals surface area contributed by atoms with Crippen LogP contribution < -0.4 is 4.90 Å². The van der Waals surface area contributed by atoms with E-state index in [1.165, 1.54) is 7.11 Å². The van der Waals surface area contributed by atoms with Crippen LogP contribution in [0.3, 0.4) is 0 Å². The Balaban J connectivity index is 2.02. The van der Waals surface area contributed by atoms with Crippen LogP contribution in [0.5, 0.6) is 0 Å². The number of carbonyl (C=O) groups excluding carboxylic acids is 1. The quantitative estimate of drug-likeness (QED) is 0.614. The molecule has 1 aromatic carbocycles. The molecule has 1 aliphatic heterocycles. The van der Waals surface area contributed by atoms with Crippen molar-refractivity contribution in [1.29, 1.82) is 0 Å². The molecule has 1 fully saturated rings. The van der Waals surface area contributed by atoms with Gasteiger partial charge in [-0.2, -0.15) is 0 Å². The molecule has 0 bridgehead atoms. The summed E-state index contributed by atoms with van der Waals surface area (Å²) >= 11 is 6.18. The van der Waals surface area contributed by atoms with Gasteiger partial charge in [-0.15, -0.1) is 0 Å². The second-order valence-electron chi connectivity index (χ2n) is 5.32. The summed E-state index contributed by atoms with van der Waals surface area (Å²) in [7, 11) is 4.69. The van der Waals surface area contributed by atoms with Gasteiger partial charge in [0.2, 0.25) is 0 Å². The first kappa shape index (κ1) is 17.1. The minimum absolute atomic E-state index is 0.146. The number of nitrogens with zero attached hydrogens (tertiary/aromatic N) is 1. The van der Waals surface area contributed by atoms with Gasteiger partial charge in [-0.1, -0.05) is 11.6 Å². The van der Waals surface area contributed by atoms with Gasteiger partial charge in [-0.25, -0.2) is 4.79 Å². The molecule has 6 heteroatoms. The second-order valence-corrected chi connectivity index (χ2v) is 5.73. The third kappa shape index (κ3) is 3.72. The summed E-state index contributed by atoms with van der Waals surface area (Å²) in [5, 5.41) is 0.415. The molecule has 2 rings (SSSR count). The molecule has 1 aromatic rings. The maximum atomic E-state index is 11.6. The molecule has 0 radical (unpaired) electrons. The molecule has 0 atom stereocenters. The molecule has 122 valence electrons. The van der Waals surface area contributed by atoms with Crippen molar-refractivity contribution in [3.8, 4) is 0 Å². The lowest BCUT2D eigenvalue weighted by molar-refractivity contribution is -0.141. The van der Waals surface area contributed by atoms with E-state index in [4.69, 9.17) is 25.8 Å². The minimum Gasteiger partial charge on any atom is -0.465 e. The van der Waals surface area contributed by atoms with E-state index in [1.54, 1.807) is 20.3 Å². The Bertz CT molecular complexity index is 511. The molecular formula is C16H22ClNO4. The zero-order valence-corrected chi connectivity index (χ0v) is 13.9. The van der Waals surface area contributed by atoms with Gasteiger partial charge in [0, 0.05) is 38.9 Å². The van der Waals surface area contributed by atoms with Gasteiger partial charge in [0.1, 0.15) is 0 Å². The fourth-order valence-electron chi connectivity index (χ4n) is 2.89. The normalized spacial score (nSPS) is 16.1. The van der Waals surface area contributed by atoms with Crippen LogP contribution >= 0.6 is 11.6 Å². The highest BCUT2D eigenvalue weighted by molar-refractivity contribution is 6.33. The highest BCUT2D eigenvalue weighted by Crippen LogP contribution is 2.29. The van der Waals surface area contributed by atoms with E-state index in [0.717, 1.165) is 31.6 Å². The third-order valence-corrected chi connectivity index (χ3v) is 4.42. The summed E-state index contributed by atoms with van der Waals surface area (Å²) in [4.78, 5) is 13.8. The van der Waals surface area contributed by atoms with Crippen molar-refractivity contribution in [2.24, 2.45) is 5.92 Å². The Morgan fingerprint density at radius 3 is 2.36 bits per heavy atom. The monoisotopic (exact) mass is 327 g/mol. The molecule has 1 aliphatic rings. The van der Waals surface area contributed by atoms with Crippen molar-refractivity contribution < 1.29 is 19.0 Å². The summed E-state index contributed by atoms with van der Waals surface area (Å²) in [6.07, 6.45) is 1.83. The number of piperidine rings is 1. The summed E-state index contributed by atoms with van der Waals surface area (Å²) in [5.41, 5.74) is 1.41. The van der Waals surface area contributed by atoms with Crippen LogP contribution in [0.4, 0.5) is 5.69 Å². The van der Waals surface area contributed by atoms with Crippen molar-refractivity contribution in [2.75, 3.05) is 39.3 Å². The molecule has 0 aromatic heterocycles. The van der Waals surface area contributed by atoms with Crippen LogP contribution in [0.15, 0.2) is 18.2 Å². The van der Waals surface area contributed by atoms with E-state index in [1.807, 2.05) is 12.1 Å². The summed E-state index contributed by atoms with van der Waals surface area (Å²) in [5.74, 6) is -0.0191. The zero-order chi connectivity index (χ0) is 16.1. The van der Waals surface area contributed by atoms with Crippen molar-refractivity contribution in [3.63, 3.8) is 0 Å². The SMILES string of the molecule is COC(=O)c1ccc(N2CCC(C(OC)OC)CC2)cc1Cl. The largest absolute Gasteiger partial charge is 0.465 e. The molecule has 5 nitrogen and oxygen atoms in total. The van der Waals surface area contributed by atoms with Crippen molar-refractivity contribution in [2.45, 2.75) is 19.1 Å². The van der Waals surface area contributed by atoms with Crippen LogP contribution in [0, 0.1) is 5.92 Å². The number of ether oxygens (including phenoxy) is 3. The van der Waals surface area contributed by atoms with Crippen LogP contribution in [0.1, 0.15) is 23.2 Å². The topological polar surface area (TPSA) is 48.0 Å². The van der Waals surface area contributed by atoms with Gasteiger partial charge in [-0.05, 0) is 31.0 Å². The standard InChI is InChI=1S/C16H22ClNO4/c1-20-15(19)13-5-4-12(10-14(13)17)18-8-6-11(7-9-18)16(21-2)22-3/h4-5,10-11,16H,6-9H2,1-3H3. The summed E-state index contributed by atoms with van der Waals surface area (Å²) in [6.45, 7) is 1.81. The van der Waals surface area contributed by atoms with Crippen molar-refractivity contribution >= 4 is 23.3 Å². The average molecular weight is 328 g/mol. The minimum atomic E-state index is -0.418. The number of hydrogen-bond donors (Lipinski definition) is 0. The first-order chi connectivity index (χ1) is 10.6. The van der Waals surface area contributed by atoms with Gasteiger partial charge >= 0.3 is 5.97 Å². The molecule has 0 saturated carbocycles. The van der Waals surface area contributed by atoms with E-state index in [0.29, 0.717) is 16.5 Å². The van der Waals surface area contributed by atoms with Crippen molar-refractivity contribution in [3.05, 3.63) is 28.8 Å². The number of halogens is 1. The Morgan fingerprint density at radius 1 is 1.23 bits per heavy atom. The highest BCUT2D eigenvalue weighted by atomic mass is 35.5. The van der Waals surface area contributed by atoms with Gasteiger partial charge in [0.25, 0.3) is 0 Å². The maximum Gasteiger partial charge on any atom is 0.339 e. The Morgan fingerprint density at radius 2 is 1.86 bits per heavy atom. The van der Waals surface area contributed by atoms with E-state index >= 15 is 0 Å². The Hall–Kier alpha value is -1.30. The molecule has 0 spiro atoms. The molecule has 1 heterocycles. The van der Waals surface area contributed by atoms with E-state index in [-0.39, 0.29) is 6.29 Å². The number of hydrogen-bond acceptors (Lipinski definition) is 5. The molecule has 0 aliphatic carbocycles. The molecule has 0 amide bonds. The first-order valence-corrected chi connectivity index (χ1v) is 7.67. The molecule has 0 unspecified atom stereocenters. The van der Waals surface area contributed by atoms with Crippen LogP contribution in [0.25, 0.3) is 0 Å². The Kier molecular flexibility index (Phi) is 6.06. The van der Waals surface area contributed by atoms with Crippen LogP contribution in [0.2, 0.25) is 5.02 Å². The molecule has 22 heavy (non-hydrogen) atoms. The van der Waals surface area contributed by atoms with E-state index < -0.39 is 5.97 Å². The zero-order valence-electron chi connectivity index (χ0n) is 13.2. The number of esters is 1. The van der Waals surface area contributed by atoms with Crippen LogP contribution in [-0.2, 0) is 14.2 Å². The Labute approximate surface area is 136 Å². The number of carbonyl (C=O) groups is 1. The fraction of sp³-hybridized carbons (Fsp3) is 0.562. The smallest absolute Gasteiger partial charge is 0.339 e. The van der Waals surface area contributed by atoms with Gasteiger partial charge in [0.05, 0.1) is 17.7 Å². The number of rotatable bonds is 5. The van der Waals surface area contributed by atoms with Crippen molar-refractivity contribution in [1.82, 2.24) is 0 Å². The number of methoxy groups -OCH3 is 3. The first-order valence-electron chi connectivity index (χ1n) is 7.29. The van der Waals surface area contributed by atoms with E-state index in [2.05, 4.69) is 4.90 Å². The molecular weight excluding hydrogens is 306 g/mol. The highest BCUT2D eigenvalue weighted by Gasteiger charge is 2.27. The third-order valence-electron chi connectivity index (χ3n) is 4.11. The van der Waals surface area contributed by atoms with Gasteiger partial charge in [0.15, 0.2) is 6.29 Å². The second kappa shape index (κ2) is 7.81. The molecule has 0 N–H and O–H groups in total. The fourth-order valence-corrected chi connectivity index (χ4v) is 3.14. The summed E-state index contributed by atoms with van der Waals surface area (Å²) < 4.78 is 15.4. The van der Waals surface area contributed by atoms with Crippen LogP contribution in [-0.4, -0.2) is 46.7 Å². The lowest BCUT2D eigenvalue weighted by Gasteiger charge is -2.36. The number of anilines is 1. The lowest BCUT2D eigenvalue weighted by atomic mass is 9.95. The van der Waals surface area contributed by atoms with E-state index in [9.17, 15) is 4.79 Å². The summed E-state index contributed by atoms with van der Waals surface area (Å²) in [6, 6.07) is 5.43. The lowest BCUT2D eigenvalue weighted by Crippen LogP contribution is -2.39. The van der Waals surface area contributed by atoms with Gasteiger partial charge in [-0.3, -0.25) is 0 Å². The van der Waals surface area contributed by atoms with Gasteiger partial charge < -0.3 is 19.1 Å². The predicted molar refractivity (Wildman–Crippen MR) is 85.5 cm³/mol. The maximum absolute atomic E-state index is 11.6. The predicted octanol–water partition coefficient (Wildman–Crippen LogP) is 2.96. The molecule has 1 saturated heterocycles. The number of benzene rings is 1.